The van der Waals surface area contributed by atoms with Gasteiger partial charge >= 0.3 is 0 Å². The van der Waals surface area contributed by atoms with E-state index in [1.54, 1.807) is 0 Å². The van der Waals surface area contributed by atoms with E-state index >= 15 is 0 Å². The second-order valence-electron chi connectivity index (χ2n) is 3.43. The second-order valence-corrected chi connectivity index (χ2v) is 3.43. The molecular formula is C9H12N2O5. The van der Waals surface area contributed by atoms with E-state index in [9.17, 15) is 14.9 Å². The van der Waals surface area contributed by atoms with Crippen LogP contribution in [0.4, 0.5) is 5.69 Å². The minimum atomic E-state index is -1.11. The fourth-order valence-electron chi connectivity index (χ4n) is 1.27. The molecule has 1 unspecified atom stereocenters. The van der Waals surface area contributed by atoms with Gasteiger partial charge < -0.3 is 14.8 Å². The number of aliphatic hydroxyl groups is 2. The van der Waals surface area contributed by atoms with Crippen LogP contribution in [0.5, 0.6) is 0 Å². The lowest BCUT2D eigenvalue weighted by molar-refractivity contribution is -0.386. The highest BCUT2D eigenvalue weighted by Gasteiger charge is 2.14. The van der Waals surface area contributed by atoms with E-state index in [2.05, 4.69) is 0 Å². The summed E-state index contributed by atoms with van der Waals surface area (Å²) in [7, 11) is 0. The third kappa shape index (κ3) is 2.65. The fourth-order valence-corrected chi connectivity index (χ4v) is 1.27. The summed E-state index contributed by atoms with van der Waals surface area (Å²) >= 11 is 0. The number of nitrogens with zero attached hydrogens (tertiary/aromatic N) is 2. The molecule has 0 saturated carbocycles. The second kappa shape index (κ2) is 4.86. The van der Waals surface area contributed by atoms with Gasteiger partial charge in [0.25, 0.3) is 11.2 Å². The van der Waals surface area contributed by atoms with Crippen molar-refractivity contribution in [1.82, 2.24) is 4.57 Å². The number of aliphatic hydroxyl groups excluding tert-OH is 2. The van der Waals surface area contributed by atoms with Crippen LogP contribution in [0.25, 0.3) is 0 Å². The molecule has 0 aliphatic rings. The first kappa shape index (κ1) is 12.3. The Labute approximate surface area is 90.7 Å². The minimum Gasteiger partial charge on any atom is -0.394 e. The average molecular weight is 228 g/mol. The summed E-state index contributed by atoms with van der Waals surface area (Å²) in [5.74, 6) is 0. The number of rotatable bonds is 4. The Hall–Kier alpha value is -1.73. The van der Waals surface area contributed by atoms with E-state index in [0.29, 0.717) is 0 Å². The van der Waals surface area contributed by atoms with Crippen molar-refractivity contribution >= 4 is 5.69 Å². The van der Waals surface area contributed by atoms with Gasteiger partial charge in [0.05, 0.1) is 30.4 Å². The molecule has 1 atom stereocenters. The molecule has 7 nitrogen and oxygen atoms in total. The number of aryl methyl sites for hydroxylation is 1. The van der Waals surface area contributed by atoms with Crippen molar-refractivity contribution < 1.29 is 15.1 Å². The van der Waals surface area contributed by atoms with Crippen LogP contribution in [0.1, 0.15) is 5.56 Å². The molecule has 0 aliphatic carbocycles. The average Bonchev–Trinajstić information content (AvgIpc) is 2.21. The number of aromatic nitrogens is 1. The van der Waals surface area contributed by atoms with Gasteiger partial charge in [-0.15, -0.1) is 0 Å². The lowest BCUT2D eigenvalue weighted by Gasteiger charge is -2.10. The maximum Gasteiger partial charge on any atom is 0.288 e. The summed E-state index contributed by atoms with van der Waals surface area (Å²) in [5, 5.41) is 28.4. The smallest absolute Gasteiger partial charge is 0.288 e. The summed E-state index contributed by atoms with van der Waals surface area (Å²) in [6.07, 6.45) is -0.0451. The topological polar surface area (TPSA) is 106 Å². The third-order valence-corrected chi connectivity index (χ3v) is 2.12. The standard InChI is InChI=1S/C9H12N2O5/c1-6-2-9(14)10(3-7(13)5-12)4-8(6)11(15)16/h2,4,7,12-13H,3,5H2,1H3. The van der Waals surface area contributed by atoms with Gasteiger partial charge in [-0.3, -0.25) is 14.9 Å². The lowest BCUT2D eigenvalue weighted by atomic mass is 10.2. The Bertz CT molecular complexity index is 454. The van der Waals surface area contributed by atoms with Gasteiger partial charge in [-0.1, -0.05) is 0 Å². The Morgan fingerprint density at radius 2 is 2.25 bits per heavy atom. The SMILES string of the molecule is Cc1cc(=O)n(CC(O)CO)cc1[N+](=O)[O-]. The molecule has 1 rings (SSSR count). The van der Waals surface area contributed by atoms with Gasteiger partial charge in [0.1, 0.15) is 0 Å². The molecule has 16 heavy (non-hydrogen) atoms. The molecule has 1 aromatic rings. The van der Waals surface area contributed by atoms with Crippen LogP contribution < -0.4 is 5.56 Å². The Morgan fingerprint density at radius 1 is 1.62 bits per heavy atom. The van der Waals surface area contributed by atoms with Gasteiger partial charge in [-0.05, 0) is 6.92 Å². The third-order valence-electron chi connectivity index (χ3n) is 2.12. The highest BCUT2D eigenvalue weighted by molar-refractivity contribution is 5.35. The summed E-state index contributed by atoms with van der Waals surface area (Å²) in [6, 6.07) is 1.13. The molecule has 0 spiro atoms. The van der Waals surface area contributed by atoms with Gasteiger partial charge in [0.2, 0.25) is 0 Å². The number of hydrogen-bond donors (Lipinski definition) is 2. The highest BCUT2D eigenvalue weighted by atomic mass is 16.6. The van der Waals surface area contributed by atoms with E-state index in [4.69, 9.17) is 10.2 Å². The van der Waals surface area contributed by atoms with Crippen molar-refractivity contribution in [3.8, 4) is 0 Å². The fraction of sp³-hybridized carbons (Fsp3) is 0.444. The lowest BCUT2D eigenvalue weighted by Crippen LogP contribution is -2.28. The van der Waals surface area contributed by atoms with Crippen molar-refractivity contribution in [3.63, 3.8) is 0 Å². The zero-order chi connectivity index (χ0) is 12.3. The first-order valence-corrected chi connectivity index (χ1v) is 4.60. The van der Waals surface area contributed by atoms with Gasteiger partial charge in [0, 0.05) is 11.6 Å². The van der Waals surface area contributed by atoms with Crippen molar-refractivity contribution in [2.75, 3.05) is 6.61 Å². The highest BCUT2D eigenvalue weighted by Crippen LogP contribution is 2.13. The Kier molecular flexibility index (Phi) is 3.75. The maximum absolute atomic E-state index is 11.4. The van der Waals surface area contributed by atoms with E-state index in [-0.39, 0.29) is 17.8 Å². The molecule has 88 valence electrons. The molecule has 0 saturated heterocycles. The van der Waals surface area contributed by atoms with Gasteiger partial charge in [-0.25, -0.2) is 0 Å². The molecule has 7 heteroatoms. The van der Waals surface area contributed by atoms with E-state index in [0.717, 1.165) is 16.8 Å². The monoisotopic (exact) mass is 228 g/mol. The van der Waals surface area contributed by atoms with Crippen LogP contribution in [0.15, 0.2) is 17.1 Å². The van der Waals surface area contributed by atoms with Crippen molar-refractivity contribution in [2.24, 2.45) is 0 Å². The molecule has 0 aromatic carbocycles. The van der Waals surface area contributed by atoms with E-state index in [1.165, 1.54) is 6.92 Å². The molecule has 0 fully saturated rings. The van der Waals surface area contributed by atoms with Gasteiger partial charge in [-0.2, -0.15) is 0 Å². The van der Waals surface area contributed by atoms with Crippen LogP contribution in [0.2, 0.25) is 0 Å². The Morgan fingerprint density at radius 3 is 2.75 bits per heavy atom. The Balaban J connectivity index is 3.15. The molecule has 0 bridgehead atoms. The minimum absolute atomic E-state index is 0.170. The molecular weight excluding hydrogens is 216 g/mol. The first-order chi connectivity index (χ1) is 7.45. The molecule has 0 amide bonds. The van der Waals surface area contributed by atoms with Crippen LogP contribution >= 0.6 is 0 Å². The number of hydrogen-bond acceptors (Lipinski definition) is 5. The molecule has 1 aromatic heterocycles. The van der Waals surface area contributed by atoms with Gasteiger partial charge in [0.15, 0.2) is 0 Å². The largest absolute Gasteiger partial charge is 0.394 e. The molecule has 1 heterocycles. The van der Waals surface area contributed by atoms with Crippen molar-refractivity contribution in [2.45, 2.75) is 19.6 Å². The predicted octanol–water partition coefficient (Wildman–Crippen LogP) is -0.582. The molecule has 2 N–H and O–H groups in total. The van der Waals surface area contributed by atoms with Crippen molar-refractivity contribution in [1.29, 1.82) is 0 Å². The summed E-state index contributed by atoms with van der Waals surface area (Å²) < 4.78 is 1.01. The van der Waals surface area contributed by atoms with Crippen LogP contribution in [-0.4, -0.2) is 32.4 Å². The van der Waals surface area contributed by atoms with Crippen molar-refractivity contribution in [3.05, 3.63) is 38.3 Å². The van der Waals surface area contributed by atoms with Crippen LogP contribution in [0, 0.1) is 17.0 Å². The van der Waals surface area contributed by atoms with Crippen LogP contribution in [0.3, 0.4) is 0 Å². The molecule has 0 radical (unpaired) electrons. The maximum atomic E-state index is 11.4. The number of nitro groups is 1. The predicted molar refractivity (Wildman–Crippen MR) is 55.2 cm³/mol. The zero-order valence-corrected chi connectivity index (χ0v) is 8.66. The zero-order valence-electron chi connectivity index (χ0n) is 8.66. The van der Waals surface area contributed by atoms with E-state index < -0.39 is 23.2 Å². The summed E-state index contributed by atoms with van der Waals surface area (Å²) in [5.41, 5.74) is -0.370. The normalized spacial score (nSPS) is 12.4. The first-order valence-electron chi connectivity index (χ1n) is 4.60. The number of pyridine rings is 1. The van der Waals surface area contributed by atoms with E-state index in [1.807, 2.05) is 0 Å². The summed E-state index contributed by atoms with van der Waals surface area (Å²) in [6.45, 7) is 0.789. The van der Waals surface area contributed by atoms with Crippen LogP contribution in [-0.2, 0) is 6.54 Å². The quantitative estimate of drug-likeness (QED) is 0.529. The summed E-state index contributed by atoms with van der Waals surface area (Å²) in [4.78, 5) is 21.4. The molecule has 0 aliphatic heterocycles.